The van der Waals surface area contributed by atoms with Crippen LogP contribution < -0.4 is 0 Å². The van der Waals surface area contributed by atoms with Crippen molar-refractivity contribution in [1.82, 2.24) is 0 Å². The zero-order valence-electron chi connectivity index (χ0n) is 16.2. The van der Waals surface area contributed by atoms with Gasteiger partial charge in [-0.25, -0.2) is 4.39 Å². The maximum absolute atomic E-state index is 16.8. The average Bonchev–Trinajstić information content (AvgIpc) is 2.83. The van der Waals surface area contributed by atoms with E-state index in [1.165, 1.54) is 0 Å². The van der Waals surface area contributed by atoms with Gasteiger partial charge in [0.1, 0.15) is 12.2 Å². The zero-order valence-corrected chi connectivity index (χ0v) is 16.2. The van der Waals surface area contributed by atoms with Gasteiger partial charge in [0.15, 0.2) is 11.5 Å². The molecule has 0 aromatic rings. The lowest BCUT2D eigenvalue weighted by Crippen LogP contribution is -2.69. The molecule has 4 aliphatic rings. The van der Waals surface area contributed by atoms with Crippen molar-refractivity contribution in [3.63, 3.8) is 0 Å². The van der Waals surface area contributed by atoms with Crippen molar-refractivity contribution < 1.29 is 24.5 Å². The third-order valence-electron chi connectivity index (χ3n) is 8.65. The summed E-state index contributed by atoms with van der Waals surface area (Å²) in [4.78, 5) is 12.5. The normalized spacial score (nSPS) is 53.4. The number of aliphatic hydroxyl groups excluding tert-OH is 2. The Kier molecular flexibility index (Phi) is 3.98. The van der Waals surface area contributed by atoms with E-state index in [2.05, 4.69) is 5.73 Å². The monoisotopic (exact) mass is 376 g/mol. The maximum Gasteiger partial charge on any atom is 0.190 e. The molecular weight excluding hydrogens is 347 g/mol. The molecule has 3 N–H and O–H groups in total. The molecule has 3 fully saturated rings. The van der Waals surface area contributed by atoms with Crippen molar-refractivity contribution >= 4 is 5.78 Å². The number of rotatable bonds is 2. The van der Waals surface area contributed by atoms with Crippen LogP contribution in [0.25, 0.3) is 0 Å². The predicted octanol–water partition coefficient (Wildman–Crippen LogP) is 2.48. The van der Waals surface area contributed by atoms with Gasteiger partial charge in [-0.2, -0.15) is 0 Å². The number of allylic oxidation sites excluding steroid dienone is 3. The Labute approximate surface area is 159 Å². The fourth-order valence-electron chi connectivity index (χ4n) is 7.16. The number of carbonyl (C=O) groups excluding carboxylic acids is 1. The molecule has 0 heterocycles. The summed E-state index contributed by atoms with van der Waals surface area (Å²) in [6, 6.07) is 0. The van der Waals surface area contributed by atoms with Gasteiger partial charge in [-0.3, -0.25) is 4.79 Å². The van der Waals surface area contributed by atoms with E-state index in [-0.39, 0.29) is 12.3 Å². The Balaban J connectivity index is 1.85. The molecule has 4 nitrogen and oxygen atoms in total. The Bertz CT molecular complexity index is 783. The Morgan fingerprint density at radius 2 is 2.07 bits per heavy atom. The van der Waals surface area contributed by atoms with Gasteiger partial charge in [-0.15, -0.1) is 5.73 Å². The first-order valence-electron chi connectivity index (χ1n) is 9.94. The molecule has 3 saturated carbocycles. The van der Waals surface area contributed by atoms with Crippen LogP contribution in [-0.2, 0) is 4.79 Å². The molecule has 5 heteroatoms. The molecule has 4 aliphatic carbocycles. The number of hydrogen-bond donors (Lipinski definition) is 3. The van der Waals surface area contributed by atoms with E-state index in [4.69, 9.17) is 0 Å². The van der Waals surface area contributed by atoms with E-state index in [1.807, 2.05) is 13.0 Å². The third-order valence-corrected chi connectivity index (χ3v) is 8.65. The summed E-state index contributed by atoms with van der Waals surface area (Å²) in [5.74, 6) is -1.72. The van der Waals surface area contributed by atoms with Gasteiger partial charge >= 0.3 is 0 Å². The summed E-state index contributed by atoms with van der Waals surface area (Å²) in [5, 5.41) is 32.0. The van der Waals surface area contributed by atoms with E-state index < -0.39 is 52.4 Å². The van der Waals surface area contributed by atoms with Crippen LogP contribution in [0.15, 0.2) is 29.5 Å². The molecule has 8 atom stereocenters. The van der Waals surface area contributed by atoms with Gasteiger partial charge in [-0.1, -0.05) is 25.5 Å². The van der Waals surface area contributed by atoms with Crippen LogP contribution in [0.3, 0.4) is 0 Å². The highest BCUT2D eigenvalue weighted by Crippen LogP contribution is 2.70. The number of hydrogen-bond acceptors (Lipinski definition) is 4. The molecule has 0 bridgehead atoms. The van der Waals surface area contributed by atoms with E-state index in [1.54, 1.807) is 26.0 Å². The van der Waals surface area contributed by atoms with Crippen LogP contribution in [-0.4, -0.2) is 45.1 Å². The van der Waals surface area contributed by atoms with Gasteiger partial charge in [0.25, 0.3) is 0 Å². The molecule has 148 valence electrons. The summed E-state index contributed by atoms with van der Waals surface area (Å²) in [6.45, 7) is 4.67. The fourth-order valence-corrected chi connectivity index (χ4v) is 7.16. The molecular formula is C22H29FO4. The third kappa shape index (κ3) is 1.96. The van der Waals surface area contributed by atoms with E-state index >= 15 is 4.39 Å². The Morgan fingerprint density at radius 1 is 1.37 bits per heavy atom. The summed E-state index contributed by atoms with van der Waals surface area (Å²) < 4.78 is 16.8. The average molecular weight is 376 g/mol. The summed E-state index contributed by atoms with van der Waals surface area (Å²) in [5.41, 5.74) is -1.52. The number of ketones is 1. The number of aliphatic hydroxyl groups is 3. The number of fused-ring (bicyclic) bond motifs is 5. The van der Waals surface area contributed by atoms with Gasteiger partial charge in [-0.05, 0) is 56.6 Å². The van der Waals surface area contributed by atoms with Gasteiger partial charge < -0.3 is 15.3 Å². The van der Waals surface area contributed by atoms with Crippen molar-refractivity contribution in [1.29, 1.82) is 0 Å². The van der Waals surface area contributed by atoms with Crippen LogP contribution in [0.5, 0.6) is 0 Å². The molecule has 0 amide bonds. The molecule has 0 aromatic carbocycles. The molecule has 4 rings (SSSR count). The first kappa shape index (κ1) is 19.1. The molecule has 0 aromatic heterocycles. The quantitative estimate of drug-likeness (QED) is 0.647. The highest BCUT2D eigenvalue weighted by atomic mass is 19.1. The fraction of sp³-hybridized carbons (Fsp3) is 0.727. The van der Waals surface area contributed by atoms with Crippen LogP contribution >= 0.6 is 0 Å². The Hall–Kier alpha value is -1.26. The zero-order chi connectivity index (χ0) is 19.8. The minimum Gasteiger partial charge on any atom is -0.390 e. The molecule has 27 heavy (non-hydrogen) atoms. The predicted molar refractivity (Wildman–Crippen MR) is 98.5 cm³/mol. The van der Waals surface area contributed by atoms with E-state index in [0.717, 1.165) is 12.0 Å². The minimum atomic E-state index is -1.87. The molecule has 0 saturated heterocycles. The molecule has 0 radical (unpaired) electrons. The van der Waals surface area contributed by atoms with Crippen molar-refractivity contribution in [2.75, 3.05) is 6.61 Å². The second-order valence-electron chi connectivity index (χ2n) is 9.51. The topological polar surface area (TPSA) is 77.8 Å². The number of Topliss-reactive ketones (excluding diaryl/α,β-unsaturated/α-hetero) is 1. The first-order valence-corrected chi connectivity index (χ1v) is 9.94. The van der Waals surface area contributed by atoms with Crippen molar-refractivity contribution in [2.24, 2.45) is 28.6 Å². The molecule has 0 spiro atoms. The summed E-state index contributed by atoms with van der Waals surface area (Å²) in [6.07, 6.45) is 5.93. The highest BCUT2D eigenvalue weighted by molar-refractivity contribution is 5.90. The number of alkyl halides is 1. The van der Waals surface area contributed by atoms with Crippen LogP contribution in [0, 0.1) is 28.6 Å². The largest absolute Gasteiger partial charge is 0.390 e. The summed E-state index contributed by atoms with van der Waals surface area (Å²) >= 11 is 0. The van der Waals surface area contributed by atoms with Crippen molar-refractivity contribution in [2.45, 2.75) is 63.8 Å². The second-order valence-corrected chi connectivity index (χ2v) is 9.51. The smallest absolute Gasteiger partial charge is 0.190 e. The Morgan fingerprint density at radius 3 is 2.74 bits per heavy atom. The lowest BCUT2D eigenvalue weighted by molar-refractivity contribution is -0.219. The number of carbonyl (C=O) groups is 1. The second kappa shape index (κ2) is 5.64. The highest BCUT2D eigenvalue weighted by Gasteiger charge is 2.75. The lowest BCUT2D eigenvalue weighted by Gasteiger charge is -2.62. The SMILES string of the molecule is C[C@H]1C[C@H]2[C@@H]3CCC4=CC=C=C[C@]4(C)[C@@]3(F)[C@@H](O)C[C@]2(C)[C@@]1(O)C(=O)CO. The van der Waals surface area contributed by atoms with E-state index in [0.29, 0.717) is 12.8 Å². The van der Waals surface area contributed by atoms with Gasteiger partial charge in [0.2, 0.25) is 0 Å². The molecule has 0 unspecified atom stereocenters. The number of halogens is 1. The molecule has 0 aliphatic heterocycles. The minimum absolute atomic E-state index is 0.00231. The lowest BCUT2D eigenvalue weighted by atomic mass is 9.45. The van der Waals surface area contributed by atoms with Gasteiger partial charge in [0.05, 0.1) is 11.5 Å². The summed E-state index contributed by atoms with van der Waals surface area (Å²) in [7, 11) is 0. The van der Waals surface area contributed by atoms with Crippen LogP contribution in [0.1, 0.15) is 46.5 Å². The van der Waals surface area contributed by atoms with E-state index in [9.17, 15) is 20.1 Å². The van der Waals surface area contributed by atoms with Gasteiger partial charge in [0, 0.05) is 11.3 Å². The maximum atomic E-state index is 16.8. The van der Waals surface area contributed by atoms with Crippen LogP contribution in [0.2, 0.25) is 0 Å². The van der Waals surface area contributed by atoms with Crippen LogP contribution in [0.4, 0.5) is 4.39 Å². The standard InChI is InChI=1S/C22H29FO4/c1-13-10-16-15-8-7-14-6-4-5-9-19(14,2)21(15,23)17(25)11-20(16,3)22(13,27)18(26)12-24/h4,6,9,13,15-17,24-25,27H,7-8,10-12H2,1-3H3/t13-,15-,16-,17-,19-,20-,21-,22-/m0/s1. The first-order chi connectivity index (χ1) is 12.6. The van der Waals surface area contributed by atoms with Crippen molar-refractivity contribution in [3.05, 3.63) is 29.5 Å². The van der Waals surface area contributed by atoms with Crippen molar-refractivity contribution in [3.8, 4) is 0 Å².